The first-order valence-electron chi connectivity index (χ1n) is 7.37. The van der Waals surface area contributed by atoms with Crippen LogP contribution in [0.1, 0.15) is 10.5 Å². The van der Waals surface area contributed by atoms with Gasteiger partial charge < -0.3 is 11.1 Å². The highest BCUT2D eigenvalue weighted by Gasteiger charge is 2.21. The third-order valence-electron chi connectivity index (χ3n) is 3.81. The second-order valence-electron chi connectivity index (χ2n) is 5.36. The summed E-state index contributed by atoms with van der Waals surface area (Å²) in [5, 5.41) is 7.15. The molecule has 7 nitrogen and oxygen atoms in total. The first kappa shape index (κ1) is 14.3. The minimum atomic E-state index is -0.490. The van der Waals surface area contributed by atoms with Gasteiger partial charge in [0.2, 0.25) is 0 Å². The van der Waals surface area contributed by atoms with E-state index in [0.29, 0.717) is 30.2 Å². The number of hydrogen-bond acceptors (Lipinski definition) is 5. The molecule has 1 aliphatic heterocycles. The number of halogens is 1. The Labute approximate surface area is 136 Å². The average Bonchev–Trinajstić information content (AvgIpc) is 3.01. The number of carbonyl (C=O) groups excluding carboxylic acids is 1. The second kappa shape index (κ2) is 5.41. The van der Waals surface area contributed by atoms with Crippen molar-refractivity contribution in [3.8, 4) is 22.8 Å². The Morgan fingerprint density at radius 1 is 1.25 bits per heavy atom. The number of rotatable bonds is 2. The molecule has 0 saturated carbocycles. The Morgan fingerprint density at radius 2 is 2.12 bits per heavy atom. The molecular formula is C16H13FN6O. The van der Waals surface area contributed by atoms with E-state index in [0.717, 1.165) is 0 Å². The Balaban J connectivity index is 1.80. The van der Waals surface area contributed by atoms with E-state index in [1.54, 1.807) is 22.9 Å². The monoisotopic (exact) mass is 324 g/mol. The van der Waals surface area contributed by atoms with Crippen LogP contribution in [-0.4, -0.2) is 32.2 Å². The van der Waals surface area contributed by atoms with Crippen molar-refractivity contribution >= 4 is 11.6 Å². The summed E-state index contributed by atoms with van der Waals surface area (Å²) in [5.41, 5.74) is 7.76. The van der Waals surface area contributed by atoms with E-state index in [1.165, 1.54) is 18.3 Å². The number of nitrogens with two attached hydrogens (primary N) is 1. The number of amides is 1. The molecular weight excluding hydrogens is 311 g/mol. The van der Waals surface area contributed by atoms with Gasteiger partial charge in [-0.2, -0.15) is 5.10 Å². The summed E-state index contributed by atoms with van der Waals surface area (Å²) in [5.74, 6) is -0.484. The van der Waals surface area contributed by atoms with Crippen molar-refractivity contribution in [1.82, 2.24) is 25.1 Å². The molecule has 0 radical (unpaired) electrons. The standard InChI is InChI=1S/C16H13FN6O/c17-9-2-1-3-10(18)14(9)15-19-5-4-11(21-15)12-8-13-16(24)20-6-7-23(13)22-12/h1-5,8H,6-7,18H2,(H,20,24). The number of anilines is 1. The van der Waals surface area contributed by atoms with Gasteiger partial charge in [-0.15, -0.1) is 0 Å². The van der Waals surface area contributed by atoms with Gasteiger partial charge in [-0.25, -0.2) is 14.4 Å². The maximum Gasteiger partial charge on any atom is 0.269 e. The third-order valence-corrected chi connectivity index (χ3v) is 3.81. The molecule has 0 bridgehead atoms. The molecule has 0 atom stereocenters. The lowest BCUT2D eigenvalue weighted by atomic mass is 10.1. The van der Waals surface area contributed by atoms with E-state index in [-0.39, 0.29) is 23.0 Å². The molecule has 0 unspecified atom stereocenters. The van der Waals surface area contributed by atoms with Crippen molar-refractivity contribution < 1.29 is 9.18 Å². The molecule has 8 heteroatoms. The number of carbonyl (C=O) groups is 1. The zero-order valence-corrected chi connectivity index (χ0v) is 12.5. The molecule has 1 aliphatic rings. The second-order valence-corrected chi connectivity index (χ2v) is 5.36. The lowest BCUT2D eigenvalue weighted by Crippen LogP contribution is -2.35. The maximum absolute atomic E-state index is 14.1. The molecule has 0 spiro atoms. The SMILES string of the molecule is Nc1cccc(F)c1-c1nccc(-c2cc3n(n2)CCNC3=O)n1. The summed E-state index contributed by atoms with van der Waals surface area (Å²) < 4.78 is 15.7. The molecule has 0 fully saturated rings. The van der Waals surface area contributed by atoms with Gasteiger partial charge in [-0.05, 0) is 24.3 Å². The topological polar surface area (TPSA) is 98.7 Å². The summed E-state index contributed by atoms with van der Waals surface area (Å²) in [6.07, 6.45) is 1.52. The first-order valence-corrected chi connectivity index (χ1v) is 7.37. The lowest BCUT2D eigenvalue weighted by Gasteiger charge is -2.13. The van der Waals surface area contributed by atoms with Crippen LogP contribution in [-0.2, 0) is 6.54 Å². The van der Waals surface area contributed by atoms with Crippen LogP contribution in [0.2, 0.25) is 0 Å². The summed E-state index contributed by atoms with van der Waals surface area (Å²) in [6.45, 7) is 1.13. The molecule has 3 N–H and O–H groups in total. The van der Waals surface area contributed by atoms with Crippen molar-refractivity contribution in [3.05, 3.63) is 48.0 Å². The highest BCUT2D eigenvalue weighted by molar-refractivity contribution is 5.94. The smallest absolute Gasteiger partial charge is 0.269 e. The molecule has 0 saturated heterocycles. The van der Waals surface area contributed by atoms with Crippen LogP contribution in [0, 0.1) is 5.82 Å². The predicted molar refractivity (Wildman–Crippen MR) is 85.4 cm³/mol. The van der Waals surface area contributed by atoms with Crippen molar-refractivity contribution in [2.45, 2.75) is 6.54 Å². The van der Waals surface area contributed by atoms with Crippen LogP contribution in [0.15, 0.2) is 36.5 Å². The molecule has 1 aromatic carbocycles. The van der Waals surface area contributed by atoms with Gasteiger partial charge in [0.25, 0.3) is 5.91 Å². The number of fused-ring (bicyclic) bond motifs is 1. The normalized spacial score (nSPS) is 13.5. The van der Waals surface area contributed by atoms with E-state index in [4.69, 9.17) is 5.73 Å². The van der Waals surface area contributed by atoms with E-state index in [9.17, 15) is 9.18 Å². The fourth-order valence-corrected chi connectivity index (χ4v) is 2.66. The number of nitrogen functional groups attached to an aromatic ring is 1. The van der Waals surface area contributed by atoms with Gasteiger partial charge in [-0.3, -0.25) is 9.48 Å². The lowest BCUT2D eigenvalue weighted by molar-refractivity contribution is 0.0924. The number of benzene rings is 1. The van der Waals surface area contributed by atoms with Gasteiger partial charge in [0.05, 0.1) is 17.8 Å². The third kappa shape index (κ3) is 2.28. The van der Waals surface area contributed by atoms with Crippen LogP contribution in [0.25, 0.3) is 22.8 Å². The quantitative estimate of drug-likeness (QED) is 0.696. The molecule has 2 aromatic heterocycles. The predicted octanol–water partition coefficient (Wildman–Crippen LogP) is 1.47. The summed E-state index contributed by atoms with van der Waals surface area (Å²) >= 11 is 0. The van der Waals surface area contributed by atoms with Crippen molar-refractivity contribution in [3.63, 3.8) is 0 Å². The maximum atomic E-state index is 14.1. The van der Waals surface area contributed by atoms with Gasteiger partial charge >= 0.3 is 0 Å². The number of nitrogens with zero attached hydrogens (tertiary/aromatic N) is 4. The molecule has 3 aromatic rings. The first-order chi connectivity index (χ1) is 11.6. The Hall–Kier alpha value is -3.29. The minimum Gasteiger partial charge on any atom is -0.398 e. The van der Waals surface area contributed by atoms with Gasteiger partial charge in [0.1, 0.15) is 17.2 Å². The average molecular weight is 324 g/mol. The van der Waals surface area contributed by atoms with E-state index in [1.807, 2.05) is 0 Å². The largest absolute Gasteiger partial charge is 0.398 e. The van der Waals surface area contributed by atoms with Crippen LogP contribution in [0.5, 0.6) is 0 Å². The fourth-order valence-electron chi connectivity index (χ4n) is 2.66. The molecule has 120 valence electrons. The van der Waals surface area contributed by atoms with Crippen LogP contribution in [0.3, 0.4) is 0 Å². The zero-order chi connectivity index (χ0) is 16.7. The fraction of sp³-hybridized carbons (Fsp3) is 0.125. The van der Waals surface area contributed by atoms with Gasteiger partial charge in [0, 0.05) is 18.4 Å². The summed E-state index contributed by atoms with van der Waals surface area (Å²) in [4.78, 5) is 20.3. The van der Waals surface area contributed by atoms with Crippen LogP contribution >= 0.6 is 0 Å². The Kier molecular flexibility index (Phi) is 3.23. The van der Waals surface area contributed by atoms with Crippen molar-refractivity contribution in [2.24, 2.45) is 0 Å². The zero-order valence-electron chi connectivity index (χ0n) is 12.5. The molecule has 24 heavy (non-hydrogen) atoms. The molecule has 1 amide bonds. The molecule has 0 aliphatic carbocycles. The molecule has 3 heterocycles. The van der Waals surface area contributed by atoms with E-state index in [2.05, 4.69) is 20.4 Å². The number of nitrogens with one attached hydrogen (secondary N) is 1. The van der Waals surface area contributed by atoms with Crippen LogP contribution < -0.4 is 11.1 Å². The summed E-state index contributed by atoms with van der Waals surface area (Å²) in [7, 11) is 0. The van der Waals surface area contributed by atoms with E-state index < -0.39 is 5.82 Å². The van der Waals surface area contributed by atoms with E-state index >= 15 is 0 Å². The highest BCUT2D eigenvalue weighted by Crippen LogP contribution is 2.27. The number of aromatic nitrogens is 4. The molecule has 4 rings (SSSR count). The van der Waals surface area contributed by atoms with Crippen molar-refractivity contribution in [2.75, 3.05) is 12.3 Å². The van der Waals surface area contributed by atoms with Crippen LogP contribution in [0.4, 0.5) is 10.1 Å². The highest BCUT2D eigenvalue weighted by atomic mass is 19.1. The van der Waals surface area contributed by atoms with Gasteiger partial charge in [0.15, 0.2) is 5.82 Å². The van der Waals surface area contributed by atoms with Crippen molar-refractivity contribution in [1.29, 1.82) is 0 Å². The van der Waals surface area contributed by atoms with Gasteiger partial charge in [-0.1, -0.05) is 6.07 Å². The summed E-state index contributed by atoms with van der Waals surface area (Å²) in [6, 6.07) is 7.74. The Morgan fingerprint density at radius 3 is 2.92 bits per heavy atom. The minimum absolute atomic E-state index is 0.154. The number of hydrogen-bond donors (Lipinski definition) is 2. The Bertz CT molecular complexity index is 931.